The van der Waals surface area contributed by atoms with Crippen LogP contribution in [0.1, 0.15) is 24.8 Å². The molecule has 2 unspecified atom stereocenters. The van der Waals surface area contributed by atoms with Crippen LogP contribution in [0.15, 0.2) is 42.5 Å². The zero-order valence-electron chi connectivity index (χ0n) is 17.4. The fourth-order valence-corrected chi connectivity index (χ4v) is 5.84. The second-order valence-corrected chi connectivity index (χ2v) is 10.4. The van der Waals surface area contributed by atoms with Crippen molar-refractivity contribution in [2.45, 2.75) is 31.7 Å². The Morgan fingerprint density at radius 2 is 1.65 bits per heavy atom. The summed E-state index contributed by atoms with van der Waals surface area (Å²) >= 11 is 0. The summed E-state index contributed by atoms with van der Waals surface area (Å²) in [6, 6.07) is 10.8. The van der Waals surface area contributed by atoms with Crippen molar-refractivity contribution < 1.29 is 22.0 Å². The number of nitrogens with zero attached hydrogens (tertiary/aromatic N) is 1. The summed E-state index contributed by atoms with van der Waals surface area (Å²) in [5.74, 6) is -0.608. The van der Waals surface area contributed by atoms with Crippen molar-refractivity contribution in [2.24, 2.45) is 11.8 Å². The summed E-state index contributed by atoms with van der Waals surface area (Å²) in [6.07, 6.45) is 3.32. The lowest BCUT2D eigenvalue weighted by Gasteiger charge is -2.20. The topological polar surface area (TPSA) is 66.5 Å². The fraction of sp³-hybridized carbons (Fsp3) is 0.435. The van der Waals surface area contributed by atoms with Crippen molar-refractivity contribution in [2.75, 3.05) is 19.3 Å². The highest BCUT2D eigenvalue weighted by Gasteiger charge is 2.42. The number of halogens is 2. The van der Waals surface area contributed by atoms with Crippen molar-refractivity contribution in [3.8, 4) is 11.1 Å². The second kappa shape index (κ2) is 8.67. The Labute approximate surface area is 181 Å². The molecule has 0 bridgehead atoms. The first-order valence-corrected chi connectivity index (χ1v) is 12.4. The maximum absolute atomic E-state index is 14.3. The van der Waals surface area contributed by atoms with E-state index in [-0.39, 0.29) is 23.9 Å². The molecule has 1 saturated carbocycles. The predicted octanol–water partition coefficient (Wildman–Crippen LogP) is 3.35. The summed E-state index contributed by atoms with van der Waals surface area (Å²) in [6.45, 7) is 1.27. The Hall–Kier alpha value is -2.32. The van der Waals surface area contributed by atoms with Crippen molar-refractivity contribution in [1.82, 2.24) is 9.62 Å². The summed E-state index contributed by atoms with van der Waals surface area (Å²) in [4.78, 5) is 14.7. The van der Waals surface area contributed by atoms with Crippen LogP contribution in [0.3, 0.4) is 0 Å². The van der Waals surface area contributed by atoms with E-state index in [1.807, 2.05) is 4.90 Å². The van der Waals surface area contributed by atoms with Gasteiger partial charge in [0.15, 0.2) is 0 Å². The number of fused-ring (bicyclic) bond motifs is 1. The van der Waals surface area contributed by atoms with E-state index in [4.69, 9.17) is 0 Å². The lowest BCUT2D eigenvalue weighted by atomic mass is 9.95. The van der Waals surface area contributed by atoms with E-state index in [1.165, 1.54) is 24.5 Å². The standard InChI is InChI=1S/C23H26F2N2O3S/c1-31(29,30)26-18-11-16-13-27(14-17(16)12-18)22(28)10-9-15-5-2-3-6-19(15)23-20(24)7-4-8-21(23)25/h2-8,16-18,26H,9-14H2,1H3. The van der Waals surface area contributed by atoms with Gasteiger partial charge in [0.25, 0.3) is 0 Å². The normalized spacial score (nSPS) is 23.2. The molecule has 4 rings (SSSR count). The predicted molar refractivity (Wildman–Crippen MR) is 115 cm³/mol. The van der Waals surface area contributed by atoms with Crippen LogP contribution in [0.5, 0.6) is 0 Å². The van der Waals surface area contributed by atoms with Crippen LogP contribution in [0.4, 0.5) is 8.78 Å². The first kappa shape index (κ1) is 21.9. The Morgan fingerprint density at radius 3 is 2.26 bits per heavy atom. The molecular formula is C23H26F2N2O3S. The van der Waals surface area contributed by atoms with Gasteiger partial charge in [-0.2, -0.15) is 0 Å². The molecule has 0 radical (unpaired) electrons. The average molecular weight is 449 g/mol. The molecule has 2 atom stereocenters. The summed E-state index contributed by atoms with van der Waals surface area (Å²) in [7, 11) is -3.22. The molecular weight excluding hydrogens is 422 g/mol. The van der Waals surface area contributed by atoms with Crippen molar-refractivity contribution >= 4 is 15.9 Å². The van der Waals surface area contributed by atoms with Gasteiger partial charge in [0.2, 0.25) is 15.9 Å². The molecule has 1 aliphatic heterocycles. The number of likely N-dealkylation sites (tertiary alicyclic amines) is 1. The van der Waals surface area contributed by atoms with E-state index in [1.54, 1.807) is 24.3 Å². The zero-order valence-corrected chi connectivity index (χ0v) is 18.2. The minimum atomic E-state index is -3.22. The van der Waals surface area contributed by atoms with Gasteiger partial charge in [0, 0.05) is 25.6 Å². The molecule has 2 aromatic rings. The number of hydrogen-bond donors (Lipinski definition) is 1. The number of benzene rings is 2. The van der Waals surface area contributed by atoms with E-state index in [9.17, 15) is 22.0 Å². The van der Waals surface area contributed by atoms with E-state index in [0.717, 1.165) is 18.4 Å². The third-order valence-corrected chi connectivity index (χ3v) is 7.10. The maximum Gasteiger partial charge on any atom is 0.222 e. The lowest BCUT2D eigenvalue weighted by molar-refractivity contribution is -0.130. The highest BCUT2D eigenvalue weighted by Crippen LogP contribution is 2.38. The average Bonchev–Trinajstić information content (AvgIpc) is 3.24. The van der Waals surface area contributed by atoms with Crippen LogP contribution in [0.25, 0.3) is 11.1 Å². The first-order chi connectivity index (χ1) is 14.7. The van der Waals surface area contributed by atoms with Crippen LogP contribution in [-0.4, -0.2) is 44.6 Å². The van der Waals surface area contributed by atoms with Crippen molar-refractivity contribution in [3.63, 3.8) is 0 Å². The molecule has 2 aliphatic rings. The quantitative estimate of drug-likeness (QED) is 0.737. The number of hydrogen-bond acceptors (Lipinski definition) is 3. The summed E-state index contributed by atoms with van der Waals surface area (Å²) in [5, 5.41) is 0. The Morgan fingerprint density at radius 1 is 1.03 bits per heavy atom. The third kappa shape index (κ3) is 4.96. The number of amides is 1. The van der Waals surface area contributed by atoms with E-state index in [0.29, 0.717) is 36.9 Å². The van der Waals surface area contributed by atoms with Gasteiger partial charge in [-0.15, -0.1) is 0 Å². The molecule has 1 aliphatic carbocycles. The number of rotatable bonds is 6. The largest absolute Gasteiger partial charge is 0.342 e. The smallest absolute Gasteiger partial charge is 0.222 e. The number of carbonyl (C=O) groups excluding carboxylic acids is 1. The van der Waals surface area contributed by atoms with Gasteiger partial charge in [-0.25, -0.2) is 21.9 Å². The van der Waals surface area contributed by atoms with Gasteiger partial charge in [0.05, 0.1) is 11.8 Å². The molecule has 8 heteroatoms. The van der Waals surface area contributed by atoms with Crippen LogP contribution >= 0.6 is 0 Å². The molecule has 0 spiro atoms. The van der Waals surface area contributed by atoms with Gasteiger partial charge in [0.1, 0.15) is 11.6 Å². The van der Waals surface area contributed by atoms with Gasteiger partial charge >= 0.3 is 0 Å². The highest BCUT2D eigenvalue weighted by molar-refractivity contribution is 7.88. The molecule has 2 aromatic carbocycles. The second-order valence-electron chi connectivity index (χ2n) is 8.63. The first-order valence-electron chi connectivity index (χ1n) is 10.5. The number of sulfonamides is 1. The summed E-state index contributed by atoms with van der Waals surface area (Å²) in [5.41, 5.74) is 1.14. The third-order valence-electron chi connectivity index (χ3n) is 6.34. The molecule has 31 heavy (non-hydrogen) atoms. The van der Waals surface area contributed by atoms with Crippen LogP contribution in [-0.2, 0) is 21.2 Å². The van der Waals surface area contributed by atoms with Crippen molar-refractivity contribution in [3.05, 3.63) is 59.7 Å². The molecule has 1 heterocycles. The molecule has 5 nitrogen and oxygen atoms in total. The molecule has 0 aromatic heterocycles. The van der Waals surface area contributed by atoms with Gasteiger partial charge in [-0.3, -0.25) is 4.79 Å². The number of carbonyl (C=O) groups is 1. The number of aryl methyl sites for hydroxylation is 1. The molecule has 1 saturated heterocycles. The monoisotopic (exact) mass is 448 g/mol. The fourth-order valence-electron chi connectivity index (χ4n) is 5.04. The Balaban J connectivity index is 1.38. The molecule has 166 valence electrons. The van der Waals surface area contributed by atoms with Crippen molar-refractivity contribution in [1.29, 1.82) is 0 Å². The number of nitrogens with one attached hydrogen (secondary N) is 1. The van der Waals surface area contributed by atoms with E-state index < -0.39 is 21.7 Å². The van der Waals surface area contributed by atoms with E-state index >= 15 is 0 Å². The Kier molecular flexibility index (Phi) is 6.12. The van der Waals surface area contributed by atoms with E-state index in [2.05, 4.69) is 4.72 Å². The maximum atomic E-state index is 14.3. The van der Waals surface area contributed by atoms with Gasteiger partial charge in [-0.1, -0.05) is 30.3 Å². The minimum absolute atomic E-state index is 0.0193. The zero-order chi connectivity index (χ0) is 22.2. The van der Waals surface area contributed by atoms with Gasteiger partial charge < -0.3 is 4.90 Å². The van der Waals surface area contributed by atoms with Gasteiger partial charge in [-0.05, 0) is 54.4 Å². The molecule has 2 fully saturated rings. The Bertz CT molecular complexity index is 1060. The van der Waals surface area contributed by atoms with Crippen LogP contribution in [0.2, 0.25) is 0 Å². The molecule has 1 amide bonds. The minimum Gasteiger partial charge on any atom is -0.342 e. The SMILES string of the molecule is CS(=O)(=O)NC1CC2CN(C(=O)CCc3ccccc3-c3c(F)cccc3F)CC2C1. The lowest BCUT2D eigenvalue weighted by Crippen LogP contribution is -2.35. The summed E-state index contributed by atoms with van der Waals surface area (Å²) < 4.78 is 54.1. The van der Waals surface area contributed by atoms with Crippen LogP contribution in [0, 0.1) is 23.5 Å². The molecule has 1 N–H and O–H groups in total. The highest BCUT2D eigenvalue weighted by atomic mass is 32.2. The van der Waals surface area contributed by atoms with Crippen LogP contribution < -0.4 is 4.72 Å².